The quantitative estimate of drug-likeness (QED) is 0.0644. The van der Waals surface area contributed by atoms with Crippen molar-refractivity contribution in [2.45, 2.75) is 92.8 Å². The summed E-state index contributed by atoms with van der Waals surface area (Å²) in [7, 11) is 1.55. The van der Waals surface area contributed by atoms with Crippen molar-refractivity contribution in [3.8, 4) is 34.5 Å². The average Bonchev–Trinajstić information content (AvgIpc) is 1.69. The van der Waals surface area contributed by atoms with Gasteiger partial charge in [0.25, 0.3) is 29.5 Å². The van der Waals surface area contributed by atoms with Gasteiger partial charge in [-0.05, 0) is 107 Å². The van der Waals surface area contributed by atoms with Gasteiger partial charge in [-0.1, -0.05) is 91.0 Å². The van der Waals surface area contributed by atoms with Crippen LogP contribution in [0.25, 0.3) is 0 Å². The Bertz CT molecular complexity index is 6020. The fourth-order valence-electron chi connectivity index (χ4n) is 13.6. The normalized spacial score (nSPS) is 13.6. The summed E-state index contributed by atoms with van der Waals surface area (Å²) in [5.74, 6) is 8.06. The fraction of sp³-hybridized carbons (Fsp3) is 0.220. The first-order chi connectivity index (χ1) is 62.0. The van der Waals surface area contributed by atoms with Crippen LogP contribution in [0, 0.1) is 33.5 Å². The lowest BCUT2D eigenvalue weighted by molar-refractivity contribution is 0.0939. The first-order valence-electron chi connectivity index (χ1n) is 40.3. The molecule has 15 heterocycles. The zero-order valence-electron chi connectivity index (χ0n) is 69.2. The van der Waals surface area contributed by atoms with Crippen molar-refractivity contribution in [1.29, 1.82) is 0 Å². The van der Waals surface area contributed by atoms with Crippen LogP contribution in [0.15, 0.2) is 235 Å². The number of amides is 5. The molecule has 0 N–H and O–H groups in total. The van der Waals surface area contributed by atoms with Crippen LogP contribution in [-0.4, -0.2) is 139 Å². The molecule has 36 heteroatoms. The summed E-state index contributed by atoms with van der Waals surface area (Å²) < 4.78 is 75.0. The van der Waals surface area contributed by atoms with E-state index in [9.17, 15) is 28.4 Å². The second-order valence-corrected chi connectivity index (χ2v) is 28.6. The molecule has 642 valence electrons. The minimum Gasteiger partial charge on any atom is -0.493 e. The number of ether oxygens (including phenoxy) is 6. The van der Waals surface area contributed by atoms with Crippen molar-refractivity contribution in [2.75, 3.05) is 64.3 Å². The van der Waals surface area contributed by atoms with Crippen LogP contribution in [-0.2, 0) is 65.1 Å². The zero-order chi connectivity index (χ0) is 87.7. The Labute approximate surface area is 724 Å². The number of halogens is 1. The highest BCUT2D eigenvalue weighted by Crippen LogP contribution is 2.34. The van der Waals surface area contributed by atoms with Gasteiger partial charge in [-0.15, -0.1) is 0 Å². The highest BCUT2D eigenvalue weighted by atomic mass is 19.1. The molecule has 127 heavy (non-hydrogen) atoms. The van der Waals surface area contributed by atoms with Crippen LogP contribution in [0.5, 0.6) is 34.5 Å². The SMILES string of the molecule is COc1cccnc1N1CCc2nc(COc3ccccc3)oc2C1=O.Cc1cncc(N2CCc3nc(COc4ccccc4)oc3C2=O)n1.Cc1cncc(N2CCc3nc(COc4ccccc4)oc3C2=O)n1.Cc1nc(N2CCc3nc(COc4ccccc4)oc3C2=O)ncc1F.Cc1nccc(N2CCc3nc(COc4ccccc4)oc3C2=O)n1. The van der Waals surface area contributed by atoms with Gasteiger partial charge in [0.2, 0.25) is 64.2 Å². The molecule has 5 aliphatic rings. The number of hydrogen-bond donors (Lipinski definition) is 0. The number of fused-ring (bicyclic) bond motifs is 5. The van der Waals surface area contributed by atoms with E-state index in [0.29, 0.717) is 163 Å². The molecule has 35 nitrogen and oxygen atoms in total. The number of aromatic nitrogens is 14. The van der Waals surface area contributed by atoms with Crippen LogP contribution in [0.2, 0.25) is 0 Å². The van der Waals surface area contributed by atoms with Crippen LogP contribution in [0.4, 0.5) is 33.6 Å². The van der Waals surface area contributed by atoms with Gasteiger partial charge in [0, 0.05) is 89.6 Å². The number of benzene rings is 5. The molecule has 0 unspecified atom stereocenters. The van der Waals surface area contributed by atoms with Gasteiger partial charge in [0.05, 0.1) is 71.3 Å². The van der Waals surface area contributed by atoms with Crippen molar-refractivity contribution < 1.29 is 78.9 Å². The van der Waals surface area contributed by atoms with E-state index in [0.717, 1.165) is 40.6 Å². The monoisotopic (exact) mass is 1710 g/mol. The van der Waals surface area contributed by atoms with E-state index in [-0.39, 0.29) is 97.1 Å². The van der Waals surface area contributed by atoms with Gasteiger partial charge in [0.15, 0.2) is 62.1 Å². The third-order valence-electron chi connectivity index (χ3n) is 19.7. The smallest absolute Gasteiger partial charge is 0.298 e. The number of pyridine rings is 1. The molecule has 0 spiro atoms. The van der Waals surface area contributed by atoms with Crippen molar-refractivity contribution in [1.82, 2.24) is 69.8 Å². The Kier molecular flexibility index (Phi) is 26.1. The van der Waals surface area contributed by atoms with Gasteiger partial charge in [0.1, 0.15) is 40.4 Å². The van der Waals surface area contributed by atoms with E-state index in [4.69, 9.17) is 50.5 Å². The number of rotatable bonds is 21. The third-order valence-corrected chi connectivity index (χ3v) is 19.7. The molecule has 0 fully saturated rings. The lowest BCUT2D eigenvalue weighted by Gasteiger charge is -2.25. The molecular formula is C91H80FN19O16. The van der Waals surface area contributed by atoms with Gasteiger partial charge in [-0.25, -0.2) is 64.2 Å². The summed E-state index contributed by atoms with van der Waals surface area (Å²) >= 11 is 0. The summed E-state index contributed by atoms with van der Waals surface area (Å²) in [4.78, 5) is 131. The largest absolute Gasteiger partial charge is 0.493 e. The van der Waals surface area contributed by atoms with Gasteiger partial charge >= 0.3 is 0 Å². The summed E-state index contributed by atoms with van der Waals surface area (Å²) in [6.45, 7) is 10.1. The summed E-state index contributed by atoms with van der Waals surface area (Å²) in [5.41, 5.74) is 4.91. The number of oxazole rings is 5. The summed E-state index contributed by atoms with van der Waals surface area (Å²) in [6.07, 6.45) is 13.7. The number of nitrogens with zero attached hydrogens (tertiary/aromatic N) is 19. The standard InChI is InChI=1S/C19H17N3O4.C18H15FN4O3.3C18H16N4O3/c1-24-15-8-5-10-20-18(15)22-11-9-14-17(19(22)23)26-16(21-14)12-25-13-6-3-2-4-7-13;1-11-13(19)9-20-18(21-11)23-8-7-14-16(17(23)24)26-15(22-14)10-25-12-5-3-2-4-6-12;1-12-19-9-7-15(20-12)22-10-8-14-17(18(22)23)25-16(21-14)11-24-13-5-3-2-4-6-13;2*1-12-9-19-10-15(20-12)22-8-7-14-17(18(22)23)25-16(21-14)11-24-13-5-3-2-4-6-13/h2-8,10H,9,11-12H2,1H3;2-6,9H,7-8,10H2,1H3;2-7,9H,8,10-11H2,1H3;2*2-6,9-10H,7-8,11H2,1H3. The molecule has 5 aromatic carbocycles. The molecule has 0 atom stereocenters. The van der Waals surface area contributed by atoms with Crippen LogP contribution >= 0.6 is 0 Å². The third kappa shape index (κ3) is 20.4. The highest BCUT2D eigenvalue weighted by molar-refractivity contribution is 6.08. The van der Waals surface area contributed by atoms with Gasteiger partial charge in [-0.2, -0.15) is 0 Å². The average molecular weight is 1710 g/mol. The molecule has 0 bridgehead atoms. The Morgan fingerprint density at radius 3 is 1.00 bits per heavy atom. The van der Waals surface area contributed by atoms with E-state index in [1.165, 1.54) is 11.8 Å². The summed E-state index contributed by atoms with van der Waals surface area (Å²) in [5, 5.41) is 0. The number of anilines is 5. The molecule has 0 radical (unpaired) electrons. The molecule has 5 amide bonds. The molecule has 0 saturated heterocycles. The molecule has 10 aromatic heterocycles. The van der Waals surface area contributed by atoms with E-state index in [2.05, 4.69) is 69.8 Å². The molecular weight excluding hydrogens is 1630 g/mol. The Balaban J connectivity index is 0.000000117. The maximum absolute atomic E-state index is 13.4. The van der Waals surface area contributed by atoms with Crippen molar-refractivity contribution in [2.24, 2.45) is 0 Å². The molecule has 0 saturated carbocycles. The Hall–Kier alpha value is -16.3. The molecule has 20 rings (SSSR count). The molecule has 5 aliphatic heterocycles. The lowest BCUT2D eigenvalue weighted by atomic mass is 10.1. The maximum atomic E-state index is 13.4. The molecule has 0 aliphatic carbocycles. The topological polar surface area (TPSA) is 403 Å². The second kappa shape index (κ2) is 39.3. The zero-order valence-corrected chi connectivity index (χ0v) is 69.2. The predicted octanol–water partition coefficient (Wildman–Crippen LogP) is 13.2. The highest BCUT2D eigenvalue weighted by Gasteiger charge is 2.38. The first kappa shape index (κ1) is 84.3. The Morgan fingerprint density at radius 1 is 0.331 bits per heavy atom. The first-order valence-corrected chi connectivity index (χ1v) is 40.3. The predicted molar refractivity (Wildman–Crippen MR) is 451 cm³/mol. The van der Waals surface area contributed by atoms with Crippen molar-refractivity contribution in [3.05, 3.63) is 329 Å². The molecule has 15 aromatic rings. The van der Waals surface area contributed by atoms with E-state index in [1.807, 2.05) is 166 Å². The number of carbonyl (C=O) groups is 5. The number of hydrogen-bond acceptors (Lipinski definition) is 30. The van der Waals surface area contributed by atoms with Gasteiger partial charge in [-0.3, -0.25) is 58.4 Å². The van der Waals surface area contributed by atoms with E-state index >= 15 is 0 Å². The number of aryl methyl sites for hydroxylation is 4. The van der Waals surface area contributed by atoms with Crippen molar-refractivity contribution in [3.63, 3.8) is 0 Å². The Morgan fingerprint density at radius 2 is 0.661 bits per heavy atom. The number of carbonyl (C=O) groups excluding carboxylic acids is 5. The minimum absolute atomic E-state index is 0.121. The maximum Gasteiger partial charge on any atom is 0.298 e. The second-order valence-electron chi connectivity index (χ2n) is 28.6. The van der Waals surface area contributed by atoms with Crippen LogP contribution in [0.3, 0.4) is 0 Å². The van der Waals surface area contributed by atoms with Crippen LogP contribution in [0.1, 0.15) is 134 Å². The number of para-hydroxylation sites is 5. The fourth-order valence-corrected chi connectivity index (χ4v) is 13.6. The van der Waals surface area contributed by atoms with E-state index < -0.39 is 11.7 Å². The van der Waals surface area contributed by atoms with Crippen LogP contribution < -0.4 is 52.9 Å². The summed E-state index contributed by atoms with van der Waals surface area (Å²) in [6, 6.07) is 52.1. The minimum atomic E-state index is -0.515. The van der Waals surface area contributed by atoms with Crippen molar-refractivity contribution >= 4 is 58.8 Å². The van der Waals surface area contributed by atoms with Gasteiger partial charge < -0.3 is 50.5 Å². The lowest BCUT2D eigenvalue weighted by Crippen LogP contribution is -2.38. The number of methoxy groups -OCH3 is 1. The van der Waals surface area contributed by atoms with E-state index in [1.54, 1.807) is 89.0 Å².